The highest BCUT2D eigenvalue weighted by atomic mass is 16.5. The van der Waals surface area contributed by atoms with E-state index in [1.54, 1.807) is 0 Å². The molecule has 0 aromatic rings. The van der Waals surface area contributed by atoms with Gasteiger partial charge >= 0.3 is 0 Å². The summed E-state index contributed by atoms with van der Waals surface area (Å²) in [7, 11) is 0. The molecule has 0 aliphatic heterocycles. The van der Waals surface area contributed by atoms with E-state index in [1.807, 2.05) is 13.8 Å². The fourth-order valence-electron chi connectivity index (χ4n) is 2.69. The predicted molar refractivity (Wildman–Crippen MR) is 72.8 cm³/mol. The zero-order valence-electron chi connectivity index (χ0n) is 12.0. The number of carbonyl (C=O) groups excluding carboxylic acids is 1. The Bertz CT molecular complexity index is 318. The fraction of sp³-hybridized carbons (Fsp3) is 0.929. The van der Waals surface area contributed by atoms with Crippen molar-refractivity contribution in [3.05, 3.63) is 0 Å². The van der Waals surface area contributed by atoms with Gasteiger partial charge in [-0.3, -0.25) is 4.79 Å². The van der Waals surface area contributed by atoms with Crippen LogP contribution in [-0.4, -0.2) is 42.9 Å². The van der Waals surface area contributed by atoms with Crippen molar-refractivity contribution in [3.63, 3.8) is 0 Å². The Hall–Kier alpha value is -0.650. The quantitative estimate of drug-likeness (QED) is 0.644. The van der Waals surface area contributed by atoms with Crippen LogP contribution in [0.25, 0.3) is 0 Å². The Morgan fingerprint density at radius 3 is 2.68 bits per heavy atom. The third-order valence-corrected chi connectivity index (χ3v) is 3.89. The van der Waals surface area contributed by atoms with Crippen LogP contribution in [0.15, 0.2) is 0 Å². The molecule has 5 heteroatoms. The minimum Gasteiger partial charge on any atom is -0.376 e. The molecule has 0 bridgehead atoms. The molecule has 0 aromatic carbocycles. The van der Waals surface area contributed by atoms with Gasteiger partial charge in [0, 0.05) is 12.5 Å². The molecule has 0 aromatic heterocycles. The first-order valence-electron chi connectivity index (χ1n) is 7.33. The Kier molecular flexibility index (Phi) is 4.81. The molecular weight excluding hydrogens is 244 g/mol. The largest absolute Gasteiger partial charge is 0.376 e. The number of ether oxygens (including phenoxy) is 2. The summed E-state index contributed by atoms with van der Waals surface area (Å²) in [6.07, 6.45) is 5.04. The molecule has 2 fully saturated rings. The van der Waals surface area contributed by atoms with Crippen LogP contribution in [0.5, 0.6) is 0 Å². The Morgan fingerprint density at radius 2 is 2.11 bits per heavy atom. The van der Waals surface area contributed by atoms with Gasteiger partial charge in [-0.1, -0.05) is 0 Å². The van der Waals surface area contributed by atoms with E-state index < -0.39 is 5.54 Å². The molecule has 19 heavy (non-hydrogen) atoms. The van der Waals surface area contributed by atoms with Crippen molar-refractivity contribution in [2.24, 2.45) is 5.73 Å². The summed E-state index contributed by atoms with van der Waals surface area (Å²) in [5.74, 6) is -0.232. The average molecular weight is 270 g/mol. The first kappa shape index (κ1) is 14.8. The summed E-state index contributed by atoms with van der Waals surface area (Å²) >= 11 is 0. The van der Waals surface area contributed by atoms with E-state index >= 15 is 0 Å². The summed E-state index contributed by atoms with van der Waals surface area (Å²) < 4.78 is 11.2. The maximum absolute atomic E-state index is 11.7. The second-order valence-corrected chi connectivity index (χ2v) is 6.02. The van der Waals surface area contributed by atoms with Gasteiger partial charge in [0.2, 0.25) is 5.91 Å². The minimum absolute atomic E-state index is 0.120. The molecule has 0 radical (unpaired) electrons. The molecule has 1 amide bonds. The number of primary amides is 1. The summed E-state index contributed by atoms with van der Waals surface area (Å²) in [5.41, 5.74) is 5.05. The maximum Gasteiger partial charge on any atom is 0.237 e. The molecular formula is C14H26N2O3. The highest BCUT2D eigenvalue weighted by molar-refractivity contribution is 5.85. The van der Waals surface area contributed by atoms with Gasteiger partial charge in [0.05, 0.1) is 25.4 Å². The van der Waals surface area contributed by atoms with Crippen molar-refractivity contribution >= 4 is 5.91 Å². The summed E-state index contributed by atoms with van der Waals surface area (Å²) in [6, 6.07) is 0.482. The number of amides is 1. The van der Waals surface area contributed by atoms with E-state index in [2.05, 4.69) is 5.32 Å². The lowest BCUT2D eigenvalue weighted by molar-refractivity contribution is -0.124. The van der Waals surface area contributed by atoms with Crippen molar-refractivity contribution in [1.82, 2.24) is 5.32 Å². The van der Waals surface area contributed by atoms with Gasteiger partial charge < -0.3 is 20.5 Å². The van der Waals surface area contributed by atoms with Crippen molar-refractivity contribution in [2.75, 3.05) is 13.2 Å². The van der Waals surface area contributed by atoms with Crippen LogP contribution in [0.2, 0.25) is 0 Å². The second kappa shape index (κ2) is 6.20. The Labute approximate surface area is 115 Å². The number of hydrogen-bond donors (Lipinski definition) is 2. The third-order valence-electron chi connectivity index (χ3n) is 3.89. The minimum atomic E-state index is -0.537. The van der Waals surface area contributed by atoms with Gasteiger partial charge in [-0.25, -0.2) is 0 Å². The van der Waals surface area contributed by atoms with E-state index in [-0.39, 0.29) is 18.1 Å². The molecule has 2 aliphatic rings. The van der Waals surface area contributed by atoms with Crippen LogP contribution in [-0.2, 0) is 14.3 Å². The van der Waals surface area contributed by atoms with Gasteiger partial charge in [0.25, 0.3) is 0 Å². The van der Waals surface area contributed by atoms with Gasteiger partial charge in [-0.05, 0) is 39.5 Å². The number of nitrogens with one attached hydrogen (secondary N) is 1. The summed E-state index contributed by atoms with van der Waals surface area (Å²) in [6.45, 7) is 5.20. The van der Waals surface area contributed by atoms with Gasteiger partial charge in [0.15, 0.2) is 0 Å². The van der Waals surface area contributed by atoms with Gasteiger partial charge in [-0.15, -0.1) is 0 Å². The fourth-order valence-corrected chi connectivity index (χ4v) is 2.69. The number of nitrogens with two attached hydrogens (primary N) is 1. The highest BCUT2D eigenvalue weighted by Crippen LogP contribution is 2.35. The van der Waals surface area contributed by atoms with Gasteiger partial charge in [0.1, 0.15) is 5.54 Å². The van der Waals surface area contributed by atoms with Crippen molar-refractivity contribution < 1.29 is 14.3 Å². The number of rotatable bonds is 8. The molecule has 2 unspecified atom stereocenters. The molecule has 0 spiro atoms. The SMILES string of the molecule is CC(C)OCCOC1CCC(NC2CC2)(C(N)=O)C1. The standard InChI is InChI=1S/C14H26N2O3/c1-10(2)18-7-8-19-12-5-6-14(9-12,13(15)17)16-11-3-4-11/h10-12,16H,3-9H2,1-2H3,(H2,15,17). The smallest absolute Gasteiger partial charge is 0.237 e. The van der Waals surface area contributed by atoms with E-state index in [0.717, 1.165) is 25.7 Å². The zero-order valence-corrected chi connectivity index (χ0v) is 12.0. The van der Waals surface area contributed by atoms with Crippen molar-refractivity contribution in [2.45, 2.75) is 69.7 Å². The van der Waals surface area contributed by atoms with E-state index in [4.69, 9.17) is 15.2 Å². The molecule has 110 valence electrons. The van der Waals surface area contributed by atoms with E-state index in [9.17, 15) is 4.79 Å². The molecule has 0 saturated heterocycles. The lowest BCUT2D eigenvalue weighted by Crippen LogP contribution is -2.54. The third kappa shape index (κ3) is 4.16. The molecule has 2 atom stereocenters. The lowest BCUT2D eigenvalue weighted by Gasteiger charge is -2.27. The van der Waals surface area contributed by atoms with Crippen LogP contribution >= 0.6 is 0 Å². The maximum atomic E-state index is 11.7. The Balaban J connectivity index is 1.74. The van der Waals surface area contributed by atoms with E-state index in [1.165, 1.54) is 0 Å². The number of hydrogen-bond acceptors (Lipinski definition) is 4. The lowest BCUT2D eigenvalue weighted by atomic mass is 9.96. The number of carbonyl (C=O) groups is 1. The van der Waals surface area contributed by atoms with Crippen LogP contribution in [0, 0.1) is 0 Å². The topological polar surface area (TPSA) is 73.6 Å². The first-order chi connectivity index (χ1) is 9.02. The van der Waals surface area contributed by atoms with Crippen LogP contribution in [0.1, 0.15) is 46.0 Å². The Morgan fingerprint density at radius 1 is 1.37 bits per heavy atom. The van der Waals surface area contributed by atoms with E-state index in [0.29, 0.717) is 25.7 Å². The second-order valence-electron chi connectivity index (χ2n) is 6.02. The van der Waals surface area contributed by atoms with Crippen molar-refractivity contribution in [1.29, 1.82) is 0 Å². The van der Waals surface area contributed by atoms with Crippen LogP contribution in [0.3, 0.4) is 0 Å². The summed E-state index contributed by atoms with van der Waals surface area (Å²) in [5, 5.41) is 3.42. The molecule has 2 saturated carbocycles. The molecule has 2 aliphatic carbocycles. The summed E-state index contributed by atoms with van der Waals surface area (Å²) in [4.78, 5) is 11.7. The molecule has 0 heterocycles. The molecule has 2 rings (SSSR count). The molecule has 5 nitrogen and oxygen atoms in total. The zero-order chi connectivity index (χ0) is 13.9. The monoisotopic (exact) mass is 270 g/mol. The van der Waals surface area contributed by atoms with Crippen molar-refractivity contribution in [3.8, 4) is 0 Å². The van der Waals surface area contributed by atoms with Gasteiger partial charge in [-0.2, -0.15) is 0 Å². The van der Waals surface area contributed by atoms with Crippen LogP contribution in [0.4, 0.5) is 0 Å². The predicted octanol–water partition coefficient (Wildman–Crippen LogP) is 0.957. The normalized spacial score (nSPS) is 31.0. The first-order valence-corrected chi connectivity index (χ1v) is 7.33. The highest BCUT2D eigenvalue weighted by Gasteiger charge is 2.47. The molecule has 3 N–H and O–H groups in total. The average Bonchev–Trinajstić information content (AvgIpc) is 3.04. The van der Waals surface area contributed by atoms with Crippen LogP contribution < -0.4 is 11.1 Å².